The van der Waals surface area contributed by atoms with Crippen molar-refractivity contribution in [1.29, 1.82) is 0 Å². The van der Waals surface area contributed by atoms with Crippen molar-refractivity contribution in [2.45, 2.75) is 221 Å². The number of dihydropyridines is 1. The Morgan fingerprint density at radius 2 is 1.69 bits per heavy atom. The molecule has 6 bridgehead atoms. The molecule has 6 saturated carbocycles. The van der Waals surface area contributed by atoms with E-state index in [1.54, 1.807) is 19.9 Å². The summed E-state index contributed by atoms with van der Waals surface area (Å²) in [6.07, 6.45) is 11.0. The summed E-state index contributed by atoms with van der Waals surface area (Å²) >= 11 is 0. The van der Waals surface area contributed by atoms with Gasteiger partial charge in [0, 0.05) is 53.4 Å². The molecule has 0 aromatic heterocycles. The summed E-state index contributed by atoms with van der Waals surface area (Å²) in [6, 6.07) is 0. The van der Waals surface area contributed by atoms with E-state index >= 15 is 4.79 Å². The highest BCUT2D eigenvalue weighted by Gasteiger charge is 2.85. The van der Waals surface area contributed by atoms with Crippen LogP contribution >= 0.6 is 0 Å². The van der Waals surface area contributed by atoms with Gasteiger partial charge in [0.15, 0.2) is 5.78 Å². The number of fused-ring (bicyclic) bond motifs is 5. The van der Waals surface area contributed by atoms with Crippen LogP contribution in [0.4, 0.5) is 0 Å². The molecule has 2 heterocycles. The first-order chi connectivity index (χ1) is 35.7. The SMILES string of the molecule is CCCC1CCC2OC3C(C(O)CCCC3(O)C(C)(O)C3CCC4(O)C5=C(NCC(C)O)C(=O)C67CC(O)C(O)CC68CC(C6=C(CCCO)NC(N)C=C6)C=CC(O)(CC34C(CO)C#CC73CCCC3)C58)C2CC1. The number of ether oxygens (including phenoxy) is 1. The molecule has 7 fully saturated rings. The molecule has 2 aliphatic heterocycles. The third kappa shape index (κ3) is 7.53. The van der Waals surface area contributed by atoms with Crippen LogP contribution in [0.1, 0.15) is 156 Å². The normalized spacial score (nSPS) is 48.6. The zero-order valence-electron chi connectivity index (χ0n) is 44.7. The minimum Gasteiger partial charge on any atom is -0.396 e. The van der Waals surface area contributed by atoms with Crippen LogP contribution in [-0.4, -0.2) is 142 Å². The molecule has 75 heavy (non-hydrogen) atoms. The molecule has 416 valence electrons. The van der Waals surface area contributed by atoms with E-state index < -0.39 is 123 Å². The topological polar surface area (TPSA) is 279 Å². The third-order valence-electron chi connectivity index (χ3n) is 22.9. The number of rotatable bonds is 12. The number of allylic oxidation sites excluding steroid dienone is 5. The van der Waals surface area contributed by atoms with E-state index in [4.69, 9.17) is 10.5 Å². The number of carbonyl (C=O) groups is 1. The quantitative estimate of drug-likeness (QED) is 0.0986. The molecular weight excluding hydrogens is 955 g/mol. The maximum atomic E-state index is 17.0. The molecule has 0 radical (unpaired) electrons. The van der Waals surface area contributed by atoms with Crippen LogP contribution in [0.15, 0.2) is 46.8 Å². The number of aliphatic hydroxyl groups is 10. The number of hydrogen-bond acceptors (Lipinski definition) is 15. The Balaban J connectivity index is 1.18. The lowest BCUT2D eigenvalue weighted by molar-refractivity contribution is -0.280. The molecule has 12 aliphatic rings. The maximum Gasteiger partial charge on any atom is 0.187 e. The zero-order valence-corrected chi connectivity index (χ0v) is 44.7. The van der Waals surface area contributed by atoms with Crippen molar-refractivity contribution in [1.82, 2.24) is 10.6 Å². The van der Waals surface area contributed by atoms with Gasteiger partial charge in [0.25, 0.3) is 0 Å². The van der Waals surface area contributed by atoms with Crippen molar-refractivity contribution in [2.75, 3.05) is 19.8 Å². The van der Waals surface area contributed by atoms with Crippen LogP contribution in [0.3, 0.4) is 0 Å². The summed E-state index contributed by atoms with van der Waals surface area (Å²) in [4.78, 5) is 17.0. The Bertz CT molecular complexity index is 2420. The number of aliphatic hydroxyl groups excluding tert-OH is 6. The first kappa shape index (κ1) is 54.3. The molecule has 12 rings (SSSR count). The van der Waals surface area contributed by atoms with E-state index in [2.05, 4.69) is 29.4 Å². The van der Waals surface area contributed by atoms with Gasteiger partial charge in [-0.25, -0.2) is 0 Å². The average Bonchev–Trinajstić information content (AvgIpc) is 4.20. The van der Waals surface area contributed by atoms with E-state index in [1.807, 2.05) is 18.2 Å². The molecule has 0 aromatic rings. The Morgan fingerprint density at radius 3 is 2.41 bits per heavy atom. The molecule has 4 spiro atoms. The number of ketones is 1. The second kappa shape index (κ2) is 19.3. The fourth-order valence-corrected chi connectivity index (χ4v) is 20.1. The number of nitrogens with one attached hydrogen (secondary N) is 2. The maximum absolute atomic E-state index is 17.0. The molecule has 21 unspecified atom stereocenters. The van der Waals surface area contributed by atoms with Crippen molar-refractivity contribution < 1.29 is 60.6 Å². The highest BCUT2D eigenvalue weighted by Crippen LogP contribution is 2.81. The van der Waals surface area contributed by atoms with Crippen molar-refractivity contribution in [3.63, 3.8) is 0 Å². The Kier molecular flexibility index (Phi) is 13.9. The minimum absolute atomic E-state index is 0.0361. The van der Waals surface area contributed by atoms with E-state index in [0.717, 1.165) is 49.8 Å². The number of hydrogen-bond donors (Lipinski definition) is 13. The average molecular weight is 1040 g/mol. The second-order valence-corrected chi connectivity index (χ2v) is 26.5. The van der Waals surface area contributed by atoms with Gasteiger partial charge in [-0.2, -0.15) is 0 Å². The molecular formula is C60H89N3O12. The summed E-state index contributed by atoms with van der Waals surface area (Å²) in [5, 5.41) is 134. The molecule has 14 N–H and O–H groups in total. The van der Waals surface area contributed by atoms with Gasteiger partial charge in [0.1, 0.15) is 5.60 Å². The molecule has 15 nitrogen and oxygen atoms in total. The van der Waals surface area contributed by atoms with E-state index in [1.165, 1.54) is 0 Å². The zero-order chi connectivity index (χ0) is 53.3. The predicted octanol–water partition coefficient (Wildman–Crippen LogP) is 3.41. The van der Waals surface area contributed by atoms with E-state index in [9.17, 15) is 51.1 Å². The van der Waals surface area contributed by atoms with Gasteiger partial charge in [-0.3, -0.25) is 4.79 Å². The number of nitrogens with two attached hydrogens (primary N) is 1. The monoisotopic (exact) mass is 1040 g/mol. The summed E-state index contributed by atoms with van der Waals surface area (Å²) in [7, 11) is 0. The van der Waals surface area contributed by atoms with Crippen LogP contribution in [0.2, 0.25) is 0 Å². The van der Waals surface area contributed by atoms with E-state index in [-0.39, 0.29) is 81.4 Å². The van der Waals surface area contributed by atoms with Gasteiger partial charge < -0.3 is 72.2 Å². The summed E-state index contributed by atoms with van der Waals surface area (Å²) in [5.74, 6) is 3.12. The molecule has 21 atom stereocenters. The Morgan fingerprint density at radius 1 is 0.947 bits per heavy atom. The van der Waals surface area contributed by atoms with Gasteiger partial charge >= 0.3 is 0 Å². The fourth-order valence-electron chi connectivity index (χ4n) is 20.1. The molecule has 15 heteroatoms. The van der Waals surface area contributed by atoms with Gasteiger partial charge in [0.2, 0.25) is 0 Å². The summed E-state index contributed by atoms with van der Waals surface area (Å²) < 4.78 is 7.11. The van der Waals surface area contributed by atoms with Crippen molar-refractivity contribution in [2.24, 2.45) is 68.8 Å². The standard InChI is InChI=1S/C60H89N3O12/c1-4-9-35-12-14-39-44(16-13-35)75-52-47(39)41(67)11-7-23-60(52,74)53(3,71)45-20-26-59(73)48-49(62-31-34(2)66)51(70)58-30-43(69)42(68)29-55(58)28-36(38-15-17-46(61)63-40(38)10-8-27-64)18-25-56(72,50(48)55)33-57(45,59)37(32-65)19-24-54(58)21-5-6-22-54/h15,17-18,25,34-37,39,41-47,50,52,62-69,71-74H,4-14,16,20-23,26-33,61H2,1-3H3. The highest BCUT2D eigenvalue weighted by molar-refractivity contribution is 6.04. The van der Waals surface area contributed by atoms with Crippen LogP contribution in [-0.2, 0) is 9.53 Å². The van der Waals surface area contributed by atoms with Crippen LogP contribution in [0, 0.1) is 74.9 Å². The van der Waals surface area contributed by atoms with Gasteiger partial charge in [-0.1, -0.05) is 69.1 Å². The highest BCUT2D eigenvalue weighted by atomic mass is 16.5. The Labute approximate surface area is 443 Å². The van der Waals surface area contributed by atoms with Crippen LogP contribution in [0.5, 0.6) is 0 Å². The fraction of sp³-hybridized carbons (Fsp3) is 0.817. The predicted molar refractivity (Wildman–Crippen MR) is 279 cm³/mol. The van der Waals surface area contributed by atoms with Gasteiger partial charge in [-0.15, -0.1) is 0 Å². The lowest BCUT2D eigenvalue weighted by Gasteiger charge is -2.73. The van der Waals surface area contributed by atoms with Gasteiger partial charge in [-0.05, 0) is 151 Å². The van der Waals surface area contributed by atoms with Crippen molar-refractivity contribution in [3.8, 4) is 11.8 Å². The van der Waals surface area contributed by atoms with Crippen molar-refractivity contribution in [3.05, 3.63) is 46.8 Å². The first-order valence-electron chi connectivity index (χ1n) is 29.4. The molecule has 0 aromatic carbocycles. The minimum atomic E-state index is -2.12. The summed E-state index contributed by atoms with van der Waals surface area (Å²) in [6.45, 7) is 4.67. The lowest BCUT2D eigenvalue weighted by atomic mass is 9.31. The largest absolute Gasteiger partial charge is 0.396 e. The number of Topliss-reactive ketones (excluding diaryl/α,β-unsaturated/α-hetero) is 1. The molecule has 0 amide bonds. The summed E-state index contributed by atoms with van der Waals surface area (Å²) in [5.41, 5.74) is -5.77. The Hall–Kier alpha value is -2.69. The lowest BCUT2D eigenvalue weighted by Crippen LogP contribution is -2.78. The first-order valence-corrected chi connectivity index (χ1v) is 29.4. The second-order valence-electron chi connectivity index (χ2n) is 26.5. The van der Waals surface area contributed by atoms with Crippen LogP contribution < -0.4 is 16.4 Å². The van der Waals surface area contributed by atoms with E-state index in [0.29, 0.717) is 57.3 Å². The third-order valence-corrected chi connectivity index (χ3v) is 22.9. The number of carbonyl (C=O) groups excluding carboxylic acids is 1. The molecule has 10 aliphatic carbocycles. The molecule has 1 saturated heterocycles. The smallest absolute Gasteiger partial charge is 0.187 e. The van der Waals surface area contributed by atoms with Crippen molar-refractivity contribution >= 4 is 5.78 Å². The van der Waals surface area contributed by atoms with Gasteiger partial charge in [0.05, 0.1) is 83.2 Å². The van der Waals surface area contributed by atoms with Crippen LogP contribution in [0.25, 0.3) is 0 Å².